The molecule has 0 spiro atoms. The first-order valence-corrected chi connectivity index (χ1v) is 10.9. The fourth-order valence-corrected chi connectivity index (χ4v) is 5.08. The van der Waals surface area contributed by atoms with Crippen LogP contribution in [-0.2, 0) is 14.6 Å². The fraction of sp³-hybridized carbons (Fsp3) is 0.450. The van der Waals surface area contributed by atoms with Crippen molar-refractivity contribution in [1.82, 2.24) is 4.90 Å². The van der Waals surface area contributed by atoms with Crippen molar-refractivity contribution in [3.05, 3.63) is 42.5 Å². The van der Waals surface area contributed by atoms with Gasteiger partial charge >= 0.3 is 0 Å². The van der Waals surface area contributed by atoms with Crippen molar-refractivity contribution >= 4 is 26.5 Å². The maximum Gasteiger partial charge on any atom is 0.260 e. The molecule has 1 atom stereocenters. The van der Waals surface area contributed by atoms with Crippen molar-refractivity contribution in [3.63, 3.8) is 0 Å². The number of hydrogen-bond acceptors (Lipinski definition) is 4. The molecule has 0 radical (unpaired) electrons. The van der Waals surface area contributed by atoms with Gasteiger partial charge in [-0.05, 0) is 35.7 Å². The maximum absolute atomic E-state index is 12.7. The standard InChI is InChI=1S/C20H25NO4S/c1-2-3-11-21(18-10-12-26(23,24)15-18)20(22)14-25-19-9-8-16-6-4-5-7-17(16)13-19/h4-9,13,18H,2-3,10-12,14-15H2,1H3/t18-/m1/s1. The third kappa shape index (κ3) is 4.55. The molecule has 1 aliphatic heterocycles. The molecule has 1 amide bonds. The summed E-state index contributed by atoms with van der Waals surface area (Å²) in [6.45, 7) is 2.56. The summed E-state index contributed by atoms with van der Waals surface area (Å²) in [5, 5.41) is 2.18. The molecule has 5 nitrogen and oxygen atoms in total. The predicted octanol–water partition coefficient (Wildman–Crippen LogP) is 3.03. The van der Waals surface area contributed by atoms with Crippen LogP contribution in [0.25, 0.3) is 10.8 Å². The van der Waals surface area contributed by atoms with Crippen LogP contribution in [-0.4, -0.2) is 49.9 Å². The number of unbranched alkanes of at least 4 members (excludes halogenated alkanes) is 1. The Morgan fingerprint density at radius 1 is 1.19 bits per heavy atom. The van der Waals surface area contributed by atoms with Gasteiger partial charge in [0.2, 0.25) is 0 Å². The molecular weight excluding hydrogens is 350 g/mol. The molecule has 1 aliphatic rings. The Bertz CT molecular complexity index is 878. The number of carbonyl (C=O) groups excluding carboxylic acids is 1. The van der Waals surface area contributed by atoms with Crippen LogP contribution in [0.5, 0.6) is 5.75 Å². The molecule has 0 N–H and O–H groups in total. The minimum Gasteiger partial charge on any atom is -0.484 e. The van der Waals surface area contributed by atoms with E-state index in [1.54, 1.807) is 4.90 Å². The third-order valence-corrected chi connectivity index (χ3v) is 6.56. The maximum atomic E-state index is 12.7. The average molecular weight is 375 g/mol. The minimum atomic E-state index is -3.03. The van der Waals surface area contributed by atoms with Crippen LogP contribution in [0, 0.1) is 0 Å². The number of carbonyl (C=O) groups is 1. The van der Waals surface area contributed by atoms with Crippen LogP contribution in [0.15, 0.2) is 42.5 Å². The van der Waals surface area contributed by atoms with Crippen LogP contribution >= 0.6 is 0 Å². The lowest BCUT2D eigenvalue weighted by Crippen LogP contribution is -2.44. The molecule has 140 valence electrons. The summed E-state index contributed by atoms with van der Waals surface area (Å²) in [5.41, 5.74) is 0. The summed E-state index contributed by atoms with van der Waals surface area (Å²) in [7, 11) is -3.03. The number of hydrogen-bond donors (Lipinski definition) is 0. The van der Waals surface area contributed by atoms with Gasteiger partial charge in [0.15, 0.2) is 16.4 Å². The van der Waals surface area contributed by atoms with Gasteiger partial charge in [-0.15, -0.1) is 0 Å². The van der Waals surface area contributed by atoms with E-state index in [1.807, 2.05) is 42.5 Å². The van der Waals surface area contributed by atoms with Gasteiger partial charge in [0.25, 0.3) is 5.91 Å². The highest BCUT2D eigenvalue weighted by Crippen LogP contribution is 2.22. The number of amides is 1. The van der Waals surface area contributed by atoms with E-state index in [2.05, 4.69) is 6.92 Å². The zero-order chi connectivity index (χ0) is 18.6. The van der Waals surface area contributed by atoms with Crippen LogP contribution in [0.1, 0.15) is 26.2 Å². The first kappa shape index (κ1) is 18.7. The Balaban J connectivity index is 1.66. The smallest absolute Gasteiger partial charge is 0.260 e. The van der Waals surface area contributed by atoms with Gasteiger partial charge in [-0.1, -0.05) is 43.7 Å². The van der Waals surface area contributed by atoms with Gasteiger partial charge in [-0.25, -0.2) is 8.42 Å². The van der Waals surface area contributed by atoms with E-state index in [0.29, 0.717) is 18.7 Å². The Labute approximate surface area is 154 Å². The average Bonchev–Trinajstić information content (AvgIpc) is 2.99. The van der Waals surface area contributed by atoms with Crippen molar-refractivity contribution in [2.24, 2.45) is 0 Å². The van der Waals surface area contributed by atoms with Crippen molar-refractivity contribution < 1.29 is 17.9 Å². The van der Waals surface area contributed by atoms with E-state index in [0.717, 1.165) is 23.6 Å². The molecule has 0 saturated carbocycles. The summed E-state index contributed by atoms with van der Waals surface area (Å²) in [6.07, 6.45) is 2.33. The largest absolute Gasteiger partial charge is 0.484 e. The molecule has 2 aromatic carbocycles. The van der Waals surface area contributed by atoms with Crippen LogP contribution in [0.3, 0.4) is 0 Å². The lowest BCUT2D eigenvalue weighted by atomic mass is 10.1. The Hall–Kier alpha value is -2.08. The SMILES string of the molecule is CCCCN(C(=O)COc1ccc2ccccc2c1)[C@@H]1CCS(=O)(=O)C1. The number of fused-ring (bicyclic) bond motifs is 1. The van der Waals surface area contributed by atoms with Crippen molar-refractivity contribution in [1.29, 1.82) is 0 Å². The van der Waals surface area contributed by atoms with Gasteiger partial charge in [0, 0.05) is 12.6 Å². The molecular formula is C20H25NO4S. The van der Waals surface area contributed by atoms with Crippen molar-refractivity contribution in [2.75, 3.05) is 24.7 Å². The molecule has 1 heterocycles. The monoisotopic (exact) mass is 375 g/mol. The summed E-state index contributed by atoms with van der Waals surface area (Å²) < 4.78 is 29.3. The third-order valence-electron chi connectivity index (χ3n) is 4.81. The number of sulfone groups is 1. The molecule has 0 unspecified atom stereocenters. The quantitative estimate of drug-likeness (QED) is 0.746. The molecule has 26 heavy (non-hydrogen) atoms. The van der Waals surface area contributed by atoms with Crippen LogP contribution in [0.2, 0.25) is 0 Å². The van der Waals surface area contributed by atoms with E-state index < -0.39 is 9.84 Å². The zero-order valence-electron chi connectivity index (χ0n) is 15.1. The van der Waals surface area contributed by atoms with Gasteiger partial charge in [0.1, 0.15) is 5.75 Å². The Morgan fingerprint density at radius 3 is 2.65 bits per heavy atom. The molecule has 0 aromatic heterocycles. The van der Waals surface area contributed by atoms with Crippen molar-refractivity contribution in [3.8, 4) is 5.75 Å². The Kier molecular flexibility index (Phi) is 5.81. The van der Waals surface area contributed by atoms with Gasteiger partial charge < -0.3 is 9.64 Å². The van der Waals surface area contributed by atoms with E-state index in [1.165, 1.54) is 0 Å². The van der Waals surface area contributed by atoms with Crippen LogP contribution < -0.4 is 4.74 Å². The summed E-state index contributed by atoms with van der Waals surface area (Å²) >= 11 is 0. The molecule has 1 fully saturated rings. The first-order chi connectivity index (χ1) is 12.5. The van der Waals surface area contributed by atoms with Gasteiger partial charge in [-0.2, -0.15) is 0 Å². The zero-order valence-corrected chi connectivity index (χ0v) is 15.9. The highest BCUT2D eigenvalue weighted by atomic mass is 32.2. The topological polar surface area (TPSA) is 63.7 Å². The van der Waals surface area contributed by atoms with Crippen LogP contribution in [0.4, 0.5) is 0 Å². The number of benzene rings is 2. The molecule has 6 heteroatoms. The molecule has 2 aromatic rings. The summed E-state index contributed by atoms with van der Waals surface area (Å²) in [4.78, 5) is 14.4. The predicted molar refractivity (Wildman–Crippen MR) is 103 cm³/mol. The molecule has 0 bridgehead atoms. The molecule has 3 rings (SSSR count). The van der Waals surface area contributed by atoms with E-state index in [9.17, 15) is 13.2 Å². The van der Waals surface area contributed by atoms with E-state index in [-0.39, 0.29) is 30.1 Å². The minimum absolute atomic E-state index is 0.0679. The number of nitrogens with zero attached hydrogens (tertiary/aromatic N) is 1. The molecule has 1 saturated heterocycles. The lowest BCUT2D eigenvalue weighted by molar-refractivity contribution is -0.135. The number of ether oxygens (including phenoxy) is 1. The second-order valence-electron chi connectivity index (χ2n) is 6.80. The summed E-state index contributed by atoms with van der Waals surface area (Å²) in [6, 6.07) is 13.5. The lowest BCUT2D eigenvalue weighted by Gasteiger charge is -2.28. The second kappa shape index (κ2) is 8.08. The fourth-order valence-electron chi connectivity index (χ4n) is 3.35. The second-order valence-corrected chi connectivity index (χ2v) is 9.02. The number of rotatable bonds is 7. The van der Waals surface area contributed by atoms with Crippen molar-refractivity contribution in [2.45, 2.75) is 32.2 Å². The Morgan fingerprint density at radius 2 is 1.96 bits per heavy atom. The normalized spacial score (nSPS) is 18.7. The van der Waals surface area contributed by atoms with E-state index >= 15 is 0 Å². The van der Waals surface area contributed by atoms with Gasteiger partial charge in [0.05, 0.1) is 11.5 Å². The summed E-state index contributed by atoms with van der Waals surface area (Å²) in [5.74, 6) is 0.734. The first-order valence-electron chi connectivity index (χ1n) is 9.10. The van der Waals surface area contributed by atoms with E-state index in [4.69, 9.17) is 4.74 Å². The molecule has 0 aliphatic carbocycles. The highest BCUT2D eigenvalue weighted by Gasteiger charge is 2.34. The van der Waals surface area contributed by atoms with Gasteiger partial charge in [-0.3, -0.25) is 4.79 Å². The highest BCUT2D eigenvalue weighted by molar-refractivity contribution is 7.91.